The number of amides is 2. The van der Waals surface area contributed by atoms with Crippen molar-refractivity contribution < 1.29 is 9.90 Å². The van der Waals surface area contributed by atoms with Gasteiger partial charge < -0.3 is 15.7 Å². The van der Waals surface area contributed by atoms with Crippen LogP contribution < -0.4 is 10.6 Å². The molecule has 0 unspecified atom stereocenters. The zero-order valence-electron chi connectivity index (χ0n) is 13.6. The molecule has 0 saturated heterocycles. The number of nitrogens with one attached hydrogen (secondary N) is 2. The Hall–Kier alpha value is -1.55. The van der Waals surface area contributed by atoms with E-state index >= 15 is 0 Å². The van der Waals surface area contributed by atoms with Gasteiger partial charge in [0, 0.05) is 13.2 Å². The summed E-state index contributed by atoms with van der Waals surface area (Å²) >= 11 is 0. The van der Waals surface area contributed by atoms with Crippen molar-refractivity contribution in [3.8, 4) is 0 Å². The Kier molecular flexibility index (Phi) is 6.25. The number of hydrogen-bond acceptors (Lipinski definition) is 2. The Morgan fingerprint density at radius 3 is 2.86 bits per heavy atom. The Morgan fingerprint density at radius 2 is 2.14 bits per heavy atom. The predicted octanol–water partition coefficient (Wildman–Crippen LogP) is 3.02. The zero-order valence-corrected chi connectivity index (χ0v) is 13.6. The molecular weight excluding hydrogens is 276 g/mol. The molecule has 0 fully saturated rings. The molecule has 0 spiro atoms. The molecule has 4 heteroatoms. The zero-order chi connectivity index (χ0) is 15.9. The van der Waals surface area contributed by atoms with Crippen molar-refractivity contribution in [2.45, 2.75) is 45.6 Å². The summed E-state index contributed by atoms with van der Waals surface area (Å²) in [7, 11) is 0. The fourth-order valence-corrected chi connectivity index (χ4v) is 3.31. The van der Waals surface area contributed by atoms with Crippen LogP contribution in [0.2, 0.25) is 0 Å². The highest BCUT2D eigenvalue weighted by molar-refractivity contribution is 5.74. The molecule has 3 N–H and O–H groups in total. The highest BCUT2D eigenvalue weighted by Crippen LogP contribution is 2.30. The van der Waals surface area contributed by atoms with Gasteiger partial charge in [-0.1, -0.05) is 38.1 Å². The SMILES string of the molecule is CC(C)C[C@@H](CCO)CNC(=O)N[C@H]1CCc2ccccc21. The van der Waals surface area contributed by atoms with Gasteiger partial charge in [0.1, 0.15) is 0 Å². The first-order valence-corrected chi connectivity index (χ1v) is 8.33. The van der Waals surface area contributed by atoms with Gasteiger partial charge in [-0.05, 0) is 48.6 Å². The first-order chi connectivity index (χ1) is 10.6. The molecule has 0 bridgehead atoms. The number of hydrogen-bond donors (Lipinski definition) is 3. The van der Waals surface area contributed by atoms with Crippen molar-refractivity contribution in [1.29, 1.82) is 0 Å². The fourth-order valence-electron chi connectivity index (χ4n) is 3.31. The van der Waals surface area contributed by atoms with E-state index in [1.165, 1.54) is 11.1 Å². The third-order valence-corrected chi connectivity index (χ3v) is 4.33. The quantitative estimate of drug-likeness (QED) is 0.725. The molecule has 1 aromatic rings. The maximum absolute atomic E-state index is 12.1. The van der Waals surface area contributed by atoms with Crippen LogP contribution in [-0.2, 0) is 6.42 Å². The Balaban J connectivity index is 1.81. The minimum atomic E-state index is -0.103. The normalized spacial score (nSPS) is 18.1. The van der Waals surface area contributed by atoms with Crippen LogP contribution in [0.3, 0.4) is 0 Å². The summed E-state index contributed by atoms with van der Waals surface area (Å²) in [5.74, 6) is 0.912. The minimum Gasteiger partial charge on any atom is -0.396 e. The maximum Gasteiger partial charge on any atom is 0.315 e. The lowest BCUT2D eigenvalue weighted by molar-refractivity contribution is 0.222. The van der Waals surface area contributed by atoms with Gasteiger partial charge in [0.15, 0.2) is 0 Å². The van der Waals surface area contributed by atoms with Gasteiger partial charge >= 0.3 is 6.03 Å². The number of carbonyl (C=O) groups excluding carboxylic acids is 1. The minimum absolute atomic E-state index is 0.103. The Labute approximate surface area is 133 Å². The summed E-state index contributed by atoms with van der Waals surface area (Å²) in [6, 6.07) is 8.32. The molecule has 1 aromatic carbocycles. The lowest BCUT2D eigenvalue weighted by Crippen LogP contribution is -2.40. The van der Waals surface area contributed by atoms with Crippen LogP contribution in [0.4, 0.5) is 4.79 Å². The number of aliphatic hydroxyl groups excluding tert-OH is 1. The van der Waals surface area contributed by atoms with E-state index in [1.807, 2.05) is 12.1 Å². The van der Waals surface area contributed by atoms with Crippen LogP contribution in [0.15, 0.2) is 24.3 Å². The summed E-state index contributed by atoms with van der Waals surface area (Å²) in [6.07, 6.45) is 3.76. The average molecular weight is 304 g/mol. The summed E-state index contributed by atoms with van der Waals surface area (Å²) in [4.78, 5) is 12.1. The van der Waals surface area contributed by atoms with E-state index in [0.717, 1.165) is 25.7 Å². The molecule has 2 atom stereocenters. The summed E-state index contributed by atoms with van der Waals surface area (Å²) in [5, 5.41) is 15.2. The monoisotopic (exact) mass is 304 g/mol. The Bertz CT molecular complexity index is 488. The molecule has 0 saturated carbocycles. The molecular formula is C18H28N2O2. The summed E-state index contributed by atoms with van der Waals surface area (Å²) in [5.41, 5.74) is 2.58. The highest BCUT2D eigenvalue weighted by Gasteiger charge is 2.23. The average Bonchev–Trinajstić information content (AvgIpc) is 2.88. The van der Waals surface area contributed by atoms with Crippen molar-refractivity contribution >= 4 is 6.03 Å². The van der Waals surface area contributed by atoms with Gasteiger partial charge in [-0.15, -0.1) is 0 Å². The van der Waals surface area contributed by atoms with Crippen LogP contribution in [0.1, 0.15) is 50.3 Å². The largest absolute Gasteiger partial charge is 0.396 e. The molecule has 0 aromatic heterocycles. The smallest absolute Gasteiger partial charge is 0.315 e. The van der Waals surface area contributed by atoms with Crippen LogP contribution in [0.25, 0.3) is 0 Å². The second kappa shape index (κ2) is 8.18. The van der Waals surface area contributed by atoms with Gasteiger partial charge in [-0.3, -0.25) is 0 Å². The fraction of sp³-hybridized carbons (Fsp3) is 0.611. The lowest BCUT2D eigenvalue weighted by Gasteiger charge is -2.20. The number of carbonyl (C=O) groups is 1. The van der Waals surface area contributed by atoms with Crippen LogP contribution in [0.5, 0.6) is 0 Å². The van der Waals surface area contributed by atoms with Crippen molar-refractivity contribution in [2.24, 2.45) is 11.8 Å². The van der Waals surface area contributed by atoms with Crippen LogP contribution in [-0.4, -0.2) is 24.3 Å². The van der Waals surface area contributed by atoms with Gasteiger partial charge in [-0.25, -0.2) is 4.79 Å². The number of fused-ring (bicyclic) bond motifs is 1. The van der Waals surface area contributed by atoms with Crippen molar-refractivity contribution in [2.75, 3.05) is 13.2 Å². The predicted molar refractivity (Wildman–Crippen MR) is 88.7 cm³/mol. The third kappa shape index (κ3) is 4.73. The molecule has 122 valence electrons. The lowest BCUT2D eigenvalue weighted by atomic mass is 9.94. The topological polar surface area (TPSA) is 61.4 Å². The van der Waals surface area contributed by atoms with Gasteiger partial charge in [0.25, 0.3) is 0 Å². The standard InChI is InChI=1S/C18H28N2O2/c1-13(2)11-14(9-10-21)12-19-18(22)20-17-8-7-15-5-3-4-6-16(15)17/h3-6,13-14,17,21H,7-12H2,1-2H3,(H2,19,20,22)/t14-,17+/m1/s1. The van der Waals surface area contributed by atoms with Crippen molar-refractivity contribution in [3.05, 3.63) is 35.4 Å². The van der Waals surface area contributed by atoms with Crippen molar-refractivity contribution in [1.82, 2.24) is 10.6 Å². The third-order valence-electron chi connectivity index (χ3n) is 4.33. The van der Waals surface area contributed by atoms with Crippen molar-refractivity contribution in [3.63, 3.8) is 0 Å². The van der Waals surface area contributed by atoms with E-state index in [0.29, 0.717) is 18.4 Å². The van der Waals surface area contributed by atoms with Gasteiger partial charge in [-0.2, -0.15) is 0 Å². The molecule has 2 rings (SSSR count). The van der Waals surface area contributed by atoms with E-state index in [1.54, 1.807) is 0 Å². The highest BCUT2D eigenvalue weighted by atomic mass is 16.3. The number of benzene rings is 1. The first kappa shape index (κ1) is 16.8. The number of urea groups is 1. The first-order valence-electron chi connectivity index (χ1n) is 8.33. The van der Waals surface area contributed by atoms with E-state index in [4.69, 9.17) is 5.11 Å². The molecule has 1 aliphatic rings. The van der Waals surface area contributed by atoms with Crippen LogP contribution >= 0.6 is 0 Å². The molecule has 2 amide bonds. The van der Waals surface area contributed by atoms with E-state index in [-0.39, 0.29) is 18.7 Å². The second-order valence-corrected chi connectivity index (χ2v) is 6.65. The number of aliphatic hydroxyl groups is 1. The Morgan fingerprint density at radius 1 is 1.36 bits per heavy atom. The second-order valence-electron chi connectivity index (χ2n) is 6.65. The van der Waals surface area contributed by atoms with E-state index in [9.17, 15) is 4.79 Å². The van der Waals surface area contributed by atoms with Gasteiger partial charge in [0.2, 0.25) is 0 Å². The molecule has 1 aliphatic carbocycles. The molecule has 4 nitrogen and oxygen atoms in total. The summed E-state index contributed by atoms with van der Waals surface area (Å²) in [6.45, 7) is 5.13. The molecule has 0 radical (unpaired) electrons. The van der Waals surface area contributed by atoms with Crippen LogP contribution in [0, 0.1) is 11.8 Å². The van der Waals surface area contributed by atoms with E-state index < -0.39 is 0 Å². The number of aryl methyl sites for hydroxylation is 1. The molecule has 0 heterocycles. The van der Waals surface area contributed by atoms with Gasteiger partial charge in [0.05, 0.1) is 6.04 Å². The van der Waals surface area contributed by atoms with E-state index in [2.05, 4.69) is 36.6 Å². The molecule has 0 aliphatic heterocycles. The molecule has 22 heavy (non-hydrogen) atoms. The maximum atomic E-state index is 12.1. The summed E-state index contributed by atoms with van der Waals surface area (Å²) < 4.78 is 0. The number of rotatable bonds is 7.